The normalized spacial score (nSPS) is 20.9. The number of aromatic nitrogens is 1. The molecule has 10 heteroatoms. The van der Waals surface area contributed by atoms with Gasteiger partial charge in [-0.15, -0.1) is 0 Å². The van der Waals surface area contributed by atoms with E-state index in [9.17, 15) is 23.2 Å². The molecule has 34 heavy (non-hydrogen) atoms. The first-order valence-electron chi connectivity index (χ1n) is 11.0. The minimum Gasteiger partial charge on any atom is -0.403 e. The van der Waals surface area contributed by atoms with Crippen molar-refractivity contribution in [2.24, 2.45) is 17.4 Å². The topological polar surface area (TPSA) is 132 Å². The number of fused-ring (bicyclic) bond motifs is 3. The second-order valence-corrected chi connectivity index (χ2v) is 8.95. The summed E-state index contributed by atoms with van der Waals surface area (Å²) in [5, 5.41) is 5.41. The van der Waals surface area contributed by atoms with Crippen molar-refractivity contribution in [3.05, 3.63) is 64.2 Å². The van der Waals surface area contributed by atoms with Crippen LogP contribution in [0.25, 0.3) is 0 Å². The average molecular weight is 472 g/mol. The number of carbonyl (C=O) groups is 3. The van der Waals surface area contributed by atoms with Crippen LogP contribution in [0.15, 0.2) is 30.1 Å². The van der Waals surface area contributed by atoms with E-state index in [0.717, 1.165) is 37.0 Å². The second-order valence-electron chi connectivity index (χ2n) is 8.95. The van der Waals surface area contributed by atoms with Crippen molar-refractivity contribution in [3.8, 4) is 0 Å². The number of hydrogen-bond donors (Lipinski definition) is 4. The highest BCUT2D eigenvalue weighted by atomic mass is 19.2. The Morgan fingerprint density at radius 2 is 1.94 bits per heavy atom. The van der Waals surface area contributed by atoms with Gasteiger partial charge in [-0.2, -0.15) is 0 Å². The Labute approximate surface area is 195 Å². The van der Waals surface area contributed by atoms with Crippen LogP contribution in [0, 0.1) is 24.5 Å². The van der Waals surface area contributed by atoms with Crippen LogP contribution in [0.4, 0.5) is 14.5 Å². The molecule has 5 rings (SSSR count). The Morgan fingerprint density at radius 1 is 1.24 bits per heavy atom. The summed E-state index contributed by atoms with van der Waals surface area (Å²) in [6.07, 6.45) is 5.18. The maximum atomic E-state index is 12.8. The predicted molar refractivity (Wildman–Crippen MR) is 122 cm³/mol. The first kappa shape index (κ1) is 23.5. The van der Waals surface area contributed by atoms with Crippen molar-refractivity contribution in [1.82, 2.24) is 9.88 Å². The summed E-state index contributed by atoms with van der Waals surface area (Å²) in [6, 6.07) is 3.98. The molecular weight excluding hydrogens is 444 g/mol. The summed E-state index contributed by atoms with van der Waals surface area (Å²) in [5.41, 5.74) is 13.8. The standard InChI is InChI=1S/C17H20N4O3.C7H7F2N/c1-8-12(7-22)21-10-4-9(10)5-11(21)14(8)15(23)16(24)20-17(2-3-17)13(19)6-18;1-10-5-2-3-6(8)7(9)4-5/h6-7,9-10H,2-5,18-19H2,1H3,(H,20,24);2-4,10H,1H3/b13-6-;. The summed E-state index contributed by atoms with van der Waals surface area (Å²) in [6.45, 7) is 1.73. The number of anilines is 1. The number of nitrogens with one attached hydrogen (secondary N) is 2. The maximum absolute atomic E-state index is 12.8. The minimum absolute atomic E-state index is 0.314. The van der Waals surface area contributed by atoms with Crippen LogP contribution in [0.2, 0.25) is 0 Å². The molecule has 2 atom stereocenters. The number of ketones is 1. The summed E-state index contributed by atoms with van der Waals surface area (Å²) in [4.78, 5) is 36.7. The molecule has 2 saturated carbocycles. The van der Waals surface area contributed by atoms with Crippen molar-refractivity contribution in [2.45, 2.75) is 44.2 Å². The molecule has 180 valence electrons. The van der Waals surface area contributed by atoms with Crippen molar-refractivity contribution >= 4 is 23.7 Å². The van der Waals surface area contributed by atoms with E-state index >= 15 is 0 Å². The predicted octanol–water partition coefficient (Wildman–Crippen LogP) is 2.32. The maximum Gasteiger partial charge on any atom is 0.293 e. The highest BCUT2D eigenvalue weighted by Crippen LogP contribution is 2.54. The van der Waals surface area contributed by atoms with Gasteiger partial charge in [0.2, 0.25) is 0 Å². The van der Waals surface area contributed by atoms with Crippen LogP contribution in [-0.2, 0) is 11.2 Å². The van der Waals surface area contributed by atoms with Gasteiger partial charge in [-0.3, -0.25) is 14.4 Å². The molecule has 2 aliphatic carbocycles. The monoisotopic (exact) mass is 471 g/mol. The average Bonchev–Trinajstić information content (AvgIpc) is 3.72. The van der Waals surface area contributed by atoms with Crippen LogP contribution in [0.3, 0.4) is 0 Å². The molecule has 6 N–H and O–H groups in total. The highest BCUT2D eigenvalue weighted by Gasteiger charge is 2.51. The Bertz CT molecular complexity index is 1220. The molecule has 1 aromatic heterocycles. The number of Topliss-reactive ketones (excluding diaryl/α,β-unsaturated/α-hetero) is 1. The molecule has 8 nitrogen and oxygen atoms in total. The lowest BCUT2D eigenvalue weighted by atomic mass is 10.0. The van der Waals surface area contributed by atoms with E-state index in [-0.39, 0.29) is 0 Å². The smallest absolute Gasteiger partial charge is 0.293 e. The number of amides is 1. The van der Waals surface area contributed by atoms with Crippen LogP contribution in [0.1, 0.15) is 57.4 Å². The van der Waals surface area contributed by atoms with Gasteiger partial charge in [-0.25, -0.2) is 8.78 Å². The molecule has 2 fully saturated rings. The Kier molecular flexibility index (Phi) is 5.93. The van der Waals surface area contributed by atoms with Gasteiger partial charge < -0.3 is 26.7 Å². The van der Waals surface area contributed by atoms with Gasteiger partial charge in [0.1, 0.15) is 0 Å². The van der Waals surface area contributed by atoms with Crippen molar-refractivity contribution in [2.75, 3.05) is 12.4 Å². The molecule has 3 aliphatic rings. The number of halogens is 2. The zero-order valence-corrected chi connectivity index (χ0v) is 19.0. The third-order valence-electron chi connectivity index (χ3n) is 6.86. The molecular formula is C24H27F2N5O3. The fourth-order valence-corrected chi connectivity index (χ4v) is 4.64. The molecule has 0 spiro atoms. The van der Waals surface area contributed by atoms with E-state index in [1.807, 2.05) is 4.57 Å². The minimum atomic E-state index is -0.827. The zero-order valence-electron chi connectivity index (χ0n) is 19.0. The van der Waals surface area contributed by atoms with Gasteiger partial charge in [0, 0.05) is 36.4 Å². The van der Waals surface area contributed by atoms with Crippen LogP contribution in [0.5, 0.6) is 0 Å². The number of carbonyl (C=O) groups excluding carboxylic acids is 3. The van der Waals surface area contributed by atoms with Gasteiger partial charge in [0.25, 0.3) is 11.7 Å². The largest absolute Gasteiger partial charge is 0.403 e. The SMILES string of the molecule is CNc1ccc(F)c(F)c1.Cc1c(C(=O)C(=O)NC2(/C(N)=C/N)CC2)c2n(c1C=O)C1CC1C2. The van der Waals surface area contributed by atoms with E-state index in [1.165, 1.54) is 12.3 Å². The number of nitrogens with zero attached hydrogens (tertiary/aromatic N) is 1. The third kappa shape index (κ3) is 3.93. The van der Waals surface area contributed by atoms with Crippen molar-refractivity contribution in [1.29, 1.82) is 0 Å². The number of rotatable bonds is 6. The molecule has 2 heterocycles. The van der Waals surface area contributed by atoms with Crippen molar-refractivity contribution in [3.63, 3.8) is 0 Å². The number of hydrogen-bond acceptors (Lipinski definition) is 6. The molecule has 2 aromatic rings. The lowest BCUT2D eigenvalue weighted by molar-refractivity contribution is -0.117. The molecule has 0 radical (unpaired) electrons. The number of benzene rings is 1. The third-order valence-corrected chi connectivity index (χ3v) is 6.86. The Balaban J connectivity index is 0.000000231. The lowest BCUT2D eigenvalue weighted by Crippen LogP contribution is -2.44. The van der Waals surface area contributed by atoms with E-state index in [0.29, 0.717) is 53.0 Å². The molecule has 0 bridgehead atoms. The van der Waals surface area contributed by atoms with Crippen molar-refractivity contribution < 1.29 is 23.2 Å². The fraction of sp³-hybridized carbons (Fsp3) is 0.375. The quantitative estimate of drug-likeness (QED) is 0.290. The van der Waals surface area contributed by atoms with E-state index in [2.05, 4.69) is 10.6 Å². The summed E-state index contributed by atoms with van der Waals surface area (Å²) < 4.78 is 26.5. The number of aldehydes is 1. The molecule has 1 amide bonds. The lowest BCUT2D eigenvalue weighted by Gasteiger charge is -2.17. The fourth-order valence-electron chi connectivity index (χ4n) is 4.64. The summed E-state index contributed by atoms with van der Waals surface area (Å²) in [5.74, 6) is -2.43. The van der Waals surface area contributed by atoms with E-state index in [1.54, 1.807) is 14.0 Å². The first-order chi connectivity index (χ1) is 16.2. The van der Waals surface area contributed by atoms with Gasteiger partial charge in [-0.05, 0) is 62.3 Å². The van der Waals surface area contributed by atoms with Gasteiger partial charge in [0.05, 0.1) is 16.8 Å². The molecule has 2 unspecified atom stereocenters. The molecule has 0 saturated heterocycles. The molecule has 1 aliphatic heterocycles. The first-order valence-corrected chi connectivity index (χ1v) is 11.0. The van der Waals surface area contributed by atoms with Gasteiger partial charge in [0.15, 0.2) is 17.9 Å². The van der Waals surface area contributed by atoms with E-state index in [4.69, 9.17) is 11.5 Å². The van der Waals surface area contributed by atoms with Crippen LogP contribution >= 0.6 is 0 Å². The summed E-state index contributed by atoms with van der Waals surface area (Å²) >= 11 is 0. The van der Waals surface area contributed by atoms with Crippen LogP contribution in [-0.4, -0.2) is 35.1 Å². The van der Waals surface area contributed by atoms with Crippen LogP contribution < -0.4 is 22.1 Å². The Morgan fingerprint density at radius 3 is 2.50 bits per heavy atom. The van der Waals surface area contributed by atoms with Gasteiger partial charge >= 0.3 is 0 Å². The second kappa shape index (κ2) is 8.58. The Hall–Kier alpha value is -3.69. The summed E-state index contributed by atoms with van der Waals surface area (Å²) in [7, 11) is 1.65. The van der Waals surface area contributed by atoms with Gasteiger partial charge in [-0.1, -0.05) is 0 Å². The molecule has 1 aromatic carbocycles. The zero-order chi connectivity index (χ0) is 24.8. The van der Waals surface area contributed by atoms with E-state index < -0.39 is 28.9 Å². The highest BCUT2D eigenvalue weighted by molar-refractivity contribution is 6.43. The number of nitrogens with two attached hydrogens (primary N) is 2.